The first-order valence-electron chi connectivity index (χ1n) is 8.60. The number of benzene rings is 2. The zero-order chi connectivity index (χ0) is 18.7. The molecule has 0 radical (unpaired) electrons. The predicted molar refractivity (Wildman–Crippen MR) is 105 cm³/mol. The Balaban J connectivity index is 1.73. The van der Waals surface area contributed by atoms with Gasteiger partial charge in [-0.05, 0) is 24.6 Å². The van der Waals surface area contributed by atoms with Crippen LogP contribution in [0.1, 0.15) is 22.8 Å². The van der Waals surface area contributed by atoms with Crippen molar-refractivity contribution in [3.8, 4) is 5.75 Å². The van der Waals surface area contributed by atoms with Crippen molar-refractivity contribution in [3.05, 3.63) is 63.6 Å². The smallest absolute Gasteiger partial charge is 0.259 e. The van der Waals surface area contributed by atoms with Crippen molar-refractivity contribution in [1.29, 1.82) is 0 Å². The molecule has 3 rings (SSSR count). The van der Waals surface area contributed by atoms with Gasteiger partial charge in [0.2, 0.25) is 0 Å². The molecule has 0 saturated carbocycles. The Morgan fingerprint density at radius 1 is 1.12 bits per heavy atom. The summed E-state index contributed by atoms with van der Waals surface area (Å²) < 4.78 is 5.32. The molecule has 0 N–H and O–H groups in total. The molecule has 0 bridgehead atoms. The second kappa shape index (κ2) is 8.30. The molecule has 1 unspecified atom stereocenters. The minimum atomic E-state index is -0.138. The van der Waals surface area contributed by atoms with E-state index in [2.05, 4.69) is 24.0 Å². The van der Waals surface area contributed by atoms with E-state index in [0.29, 0.717) is 34.4 Å². The van der Waals surface area contributed by atoms with Crippen molar-refractivity contribution in [1.82, 2.24) is 9.80 Å². The fourth-order valence-electron chi connectivity index (χ4n) is 3.32. The van der Waals surface area contributed by atoms with Crippen LogP contribution >= 0.6 is 23.2 Å². The van der Waals surface area contributed by atoms with E-state index in [4.69, 9.17) is 27.9 Å². The third-order valence-corrected chi connectivity index (χ3v) is 5.37. The number of carbonyl (C=O) groups is 1. The molecular weight excluding hydrogens is 371 g/mol. The average Bonchev–Trinajstić information content (AvgIpc) is 2.65. The van der Waals surface area contributed by atoms with E-state index in [1.165, 1.54) is 12.7 Å². The zero-order valence-electron chi connectivity index (χ0n) is 14.9. The summed E-state index contributed by atoms with van der Waals surface area (Å²) in [6.45, 7) is 5.10. The lowest BCUT2D eigenvalue weighted by Crippen LogP contribution is -2.53. The highest BCUT2D eigenvalue weighted by Crippen LogP contribution is 2.35. The Kier molecular flexibility index (Phi) is 6.07. The number of carbonyl (C=O) groups excluding carboxylic acids is 1. The van der Waals surface area contributed by atoms with Crippen LogP contribution in [0.25, 0.3) is 0 Å². The summed E-state index contributed by atoms with van der Waals surface area (Å²) in [6.07, 6.45) is 0. The molecule has 0 aromatic heterocycles. The van der Waals surface area contributed by atoms with Crippen molar-refractivity contribution >= 4 is 29.1 Å². The molecule has 4 nitrogen and oxygen atoms in total. The molecule has 0 spiro atoms. The highest BCUT2D eigenvalue weighted by Gasteiger charge is 2.30. The lowest BCUT2D eigenvalue weighted by molar-refractivity contribution is 0.0492. The Morgan fingerprint density at radius 3 is 2.46 bits per heavy atom. The SMILES string of the molecule is COc1c(Cl)ccc(Cl)c1C(=O)N1CCN(Cc2ccccc2)C(C)C1. The first-order valence-corrected chi connectivity index (χ1v) is 9.36. The van der Waals surface area contributed by atoms with Crippen LogP contribution in [-0.4, -0.2) is 48.5 Å². The molecule has 6 heteroatoms. The van der Waals surface area contributed by atoms with Gasteiger partial charge in [0.1, 0.15) is 5.56 Å². The molecule has 26 heavy (non-hydrogen) atoms. The largest absolute Gasteiger partial charge is 0.494 e. The van der Waals surface area contributed by atoms with Crippen LogP contribution in [0.4, 0.5) is 0 Å². The normalized spacial score (nSPS) is 18.0. The summed E-state index contributed by atoms with van der Waals surface area (Å²) in [6, 6.07) is 13.9. The first kappa shape index (κ1) is 19.0. The van der Waals surface area contributed by atoms with Crippen molar-refractivity contribution in [2.75, 3.05) is 26.7 Å². The van der Waals surface area contributed by atoms with Crippen molar-refractivity contribution < 1.29 is 9.53 Å². The van der Waals surface area contributed by atoms with E-state index in [1.807, 2.05) is 23.1 Å². The molecule has 2 aromatic carbocycles. The van der Waals surface area contributed by atoms with Crippen LogP contribution in [0.3, 0.4) is 0 Å². The van der Waals surface area contributed by atoms with Crippen molar-refractivity contribution in [2.45, 2.75) is 19.5 Å². The second-order valence-corrected chi connectivity index (χ2v) is 7.31. The van der Waals surface area contributed by atoms with Gasteiger partial charge in [0, 0.05) is 32.2 Å². The number of rotatable bonds is 4. The molecule has 1 atom stereocenters. The van der Waals surface area contributed by atoms with Gasteiger partial charge in [0.25, 0.3) is 5.91 Å². The van der Waals surface area contributed by atoms with E-state index in [1.54, 1.807) is 12.1 Å². The first-order chi connectivity index (χ1) is 12.5. The van der Waals surface area contributed by atoms with Gasteiger partial charge < -0.3 is 9.64 Å². The molecule has 1 aliphatic heterocycles. The summed E-state index contributed by atoms with van der Waals surface area (Å²) >= 11 is 12.4. The molecule has 2 aromatic rings. The van der Waals surface area contributed by atoms with Gasteiger partial charge >= 0.3 is 0 Å². The molecule has 1 saturated heterocycles. The van der Waals surface area contributed by atoms with Crippen LogP contribution in [0.5, 0.6) is 5.75 Å². The molecule has 1 aliphatic rings. The van der Waals surface area contributed by atoms with Crippen LogP contribution in [0.15, 0.2) is 42.5 Å². The standard InChI is InChI=1S/C20H22Cl2N2O2/c1-14-12-24(11-10-23(14)13-15-6-4-3-5-7-15)20(25)18-16(21)8-9-17(22)19(18)26-2/h3-9,14H,10-13H2,1-2H3. The molecule has 1 amide bonds. The molecule has 1 fully saturated rings. The lowest BCUT2D eigenvalue weighted by atomic mass is 10.1. The van der Waals surface area contributed by atoms with Gasteiger partial charge in [0.05, 0.1) is 17.2 Å². The average molecular weight is 393 g/mol. The lowest BCUT2D eigenvalue weighted by Gasteiger charge is -2.40. The minimum Gasteiger partial charge on any atom is -0.494 e. The van der Waals surface area contributed by atoms with E-state index in [0.717, 1.165) is 13.1 Å². The van der Waals surface area contributed by atoms with Crippen LogP contribution in [0, 0.1) is 0 Å². The molecule has 0 aliphatic carbocycles. The summed E-state index contributed by atoms with van der Waals surface area (Å²) in [5.74, 6) is 0.198. The van der Waals surface area contributed by atoms with Gasteiger partial charge in [-0.1, -0.05) is 53.5 Å². The van der Waals surface area contributed by atoms with Crippen molar-refractivity contribution in [3.63, 3.8) is 0 Å². The number of hydrogen-bond acceptors (Lipinski definition) is 3. The molecule has 1 heterocycles. The van der Waals surface area contributed by atoms with E-state index < -0.39 is 0 Å². The number of ether oxygens (including phenoxy) is 1. The number of amides is 1. The molecular formula is C20H22Cl2N2O2. The Labute approximate surface area is 164 Å². The number of piperazine rings is 1. The number of hydrogen-bond donors (Lipinski definition) is 0. The fraction of sp³-hybridized carbons (Fsp3) is 0.350. The number of halogens is 2. The summed E-state index contributed by atoms with van der Waals surface area (Å²) in [5.41, 5.74) is 1.61. The maximum atomic E-state index is 13.0. The maximum absolute atomic E-state index is 13.0. The minimum absolute atomic E-state index is 0.138. The Morgan fingerprint density at radius 2 is 1.81 bits per heavy atom. The summed E-state index contributed by atoms with van der Waals surface area (Å²) in [4.78, 5) is 17.3. The number of nitrogens with zero attached hydrogens (tertiary/aromatic N) is 2. The van der Waals surface area contributed by atoms with Crippen LogP contribution in [-0.2, 0) is 6.54 Å². The van der Waals surface area contributed by atoms with Gasteiger partial charge in [-0.3, -0.25) is 9.69 Å². The van der Waals surface area contributed by atoms with Crippen LogP contribution < -0.4 is 4.74 Å². The highest BCUT2D eigenvalue weighted by molar-refractivity contribution is 6.37. The van der Waals surface area contributed by atoms with Gasteiger partial charge in [-0.25, -0.2) is 0 Å². The van der Waals surface area contributed by atoms with E-state index in [-0.39, 0.29) is 11.9 Å². The van der Waals surface area contributed by atoms with Crippen molar-refractivity contribution in [2.24, 2.45) is 0 Å². The molecule has 138 valence electrons. The van der Waals surface area contributed by atoms with E-state index in [9.17, 15) is 4.79 Å². The fourth-order valence-corrected chi connectivity index (χ4v) is 3.79. The highest BCUT2D eigenvalue weighted by atomic mass is 35.5. The summed E-state index contributed by atoms with van der Waals surface area (Å²) in [5, 5.41) is 0.742. The summed E-state index contributed by atoms with van der Waals surface area (Å²) in [7, 11) is 1.49. The predicted octanol–water partition coefficient (Wildman–Crippen LogP) is 4.35. The Bertz CT molecular complexity index is 783. The van der Waals surface area contributed by atoms with Gasteiger partial charge in [-0.2, -0.15) is 0 Å². The maximum Gasteiger partial charge on any atom is 0.259 e. The van der Waals surface area contributed by atoms with Crippen LogP contribution in [0.2, 0.25) is 10.0 Å². The third-order valence-electron chi connectivity index (χ3n) is 4.76. The monoisotopic (exact) mass is 392 g/mol. The zero-order valence-corrected chi connectivity index (χ0v) is 16.4. The Hall–Kier alpha value is -1.75. The van der Waals surface area contributed by atoms with Gasteiger partial charge in [-0.15, -0.1) is 0 Å². The quantitative estimate of drug-likeness (QED) is 0.775. The number of methoxy groups -OCH3 is 1. The van der Waals surface area contributed by atoms with Gasteiger partial charge in [0.15, 0.2) is 5.75 Å². The topological polar surface area (TPSA) is 32.8 Å². The second-order valence-electron chi connectivity index (χ2n) is 6.49. The van der Waals surface area contributed by atoms with E-state index >= 15 is 0 Å². The third kappa shape index (κ3) is 3.98.